The highest BCUT2D eigenvalue weighted by atomic mass is 16.2. The van der Waals surface area contributed by atoms with Crippen LogP contribution in [0.25, 0.3) is 0 Å². The summed E-state index contributed by atoms with van der Waals surface area (Å²) in [6.45, 7) is 2.80. The molecule has 1 fully saturated rings. The summed E-state index contributed by atoms with van der Waals surface area (Å²) in [5.41, 5.74) is 2.65. The number of carbonyl (C=O) groups is 1. The molecule has 1 atom stereocenters. The SMILES string of the molecule is O=C(CC1NCc2ccccc21)N1CCCC1. The van der Waals surface area contributed by atoms with Gasteiger partial charge < -0.3 is 10.2 Å². The number of rotatable bonds is 2. The fourth-order valence-corrected chi connectivity index (χ4v) is 2.83. The molecule has 2 heterocycles. The first-order valence-electron chi connectivity index (χ1n) is 6.43. The Balaban J connectivity index is 1.68. The van der Waals surface area contributed by atoms with Gasteiger partial charge in [0.05, 0.1) is 0 Å². The van der Waals surface area contributed by atoms with Crippen LogP contribution in [0.15, 0.2) is 24.3 Å². The molecule has 1 saturated heterocycles. The van der Waals surface area contributed by atoms with E-state index in [4.69, 9.17) is 0 Å². The van der Waals surface area contributed by atoms with E-state index in [9.17, 15) is 4.79 Å². The smallest absolute Gasteiger partial charge is 0.224 e. The molecule has 2 aliphatic heterocycles. The van der Waals surface area contributed by atoms with Crippen LogP contribution in [0, 0.1) is 0 Å². The molecule has 3 heteroatoms. The van der Waals surface area contributed by atoms with Crippen LogP contribution in [-0.4, -0.2) is 23.9 Å². The quantitative estimate of drug-likeness (QED) is 0.841. The summed E-state index contributed by atoms with van der Waals surface area (Å²) in [4.78, 5) is 14.1. The van der Waals surface area contributed by atoms with Gasteiger partial charge in [0.25, 0.3) is 0 Å². The van der Waals surface area contributed by atoms with Crippen LogP contribution in [0.2, 0.25) is 0 Å². The summed E-state index contributed by atoms with van der Waals surface area (Å²) < 4.78 is 0. The number of nitrogens with one attached hydrogen (secondary N) is 1. The lowest BCUT2D eigenvalue weighted by atomic mass is 10.0. The number of benzene rings is 1. The van der Waals surface area contributed by atoms with Crippen molar-refractivity contribution < 1.29 is 4.79 Å². The van der Waals surface area contributed by atoms with E-state index in [0.717, 1.165) is 19.6 Å². The van der Waals surface area contributed by atoms with Crippen molar-refractivity contribution in [3.8, 4) is 0 Å². The van der Waals surface area contributed by atoms with Crippen LogP contribution < -0.4 is 5.32 Å². The monoisotopic (exact) mass is 230 g/mol. The number of fused-ring (bicyclic) bond motifs is 1. The lowest BCUT2D eigenvalue weighted by molar-refractivity contribution is -0.130. The maximum absolute atomic E-state index is 12.1. The molecule has 3 rings (SSSR count). The van der Waals surface area contributed by atoms with Gasteiger partial charge in [0.15, 0.2) is 0 Å². The van der Waals surface area contributed by atoms with Crippen molar-refractivity contribution in [2.45, 2.75) is 31.8 Å². The summed E-state index contributed by atoms with van der Waals surface area (Å²) in [7, 11) is 0. The van der Waals surface area contributed by atoms with E-state index < -0.39 is 0 Å². The van der Waals surface area contributed by atoms with E-state index in [1.807, 2.05) is 4.90 Å². The van der Waals surface area contributed by atoms with Gasteiger partial charge >= 0.3 is 0 Å². The van der Waals surface area contributed by atoms with E-state index in [1.54, 1.807) is 0 Å². The molecular weight excluding hydrogens is 212 g/mol. The highest BCUT2D eigenvalue weighted by Gasteiger charge is 2.26. The third-order valence-corrected chi connectivity index (χ3v) is 3.81. The molecule has 90 valence electrons. The Morgan fingerprint density at radius 3 is 2.88 bits per heavy atom. The Hall–Kier alpha value is -1.35. The molecule has 0 aliphatic carbocycles. The molecule has 2 aliphatic rings. The number of hydrogen-bond donors (Lipinski definition) is 1. The van der Waals surface area contributed by atoms with Crippen molar-refractivity contribution in [1.29, 1.82) is 0 Å². The van der Waals surface area contributed by atoms with Gasteiger partial charge in [-0.05, 0) is 24.0 Å². The summed E-state index contributed by atoms with van der Waals surface area (Å²) in [6.07, 6.45) is 2.94. The van der Waals surface area contributed by atoms with Crippen molar-refractivity contribution in [2.75, 3.05) is 13.1 Å². The second-order valence-corrected chi connectivity index (χ2v) is 4.92. The maximum atomic E-state index is 12.1. The molecule has 3 nitrogen and oxygen atoms in total. The van der Waals surface area contributed by atoms with Crippen LogP contribution in [-0.2, 0) is 11.3 Å². The minimum Gasteiger partial charge on any atom is -0.343 e. The number of nitrogens with zero attached hydrogens (tertiary/aromatic N) is 1. The first-order valence-corrected chi connectivity index (χ1v) is 6.43. The Kier molecular flexibility index (Phi) is 2.85. The normalized spacial score (nSPS) is 22.8. The fraction of sp³-hybridized carbons (Fsp3) is 0.500. The van der Waals surface area contributed by atoms with E-state index in [2.05, 4.69) is 29.6 Å². The van der Waals surface area contributed by atoms with Crippen LogP contribution in [0.1, 0.15) is 36.4 Å². The van der Waals surface area contributed by atoms with Gasteiger partial charge in [-0.3, -0.25) is 4.79 Å². The third kappa shape index (κ3) is 2.07. The minimum atomic E-state index is 0.222. The fourth-order valence-electron chi connectivity index (χ4n) is 2.83. The summed E-state index contributed by atoms with van der Waals surface area (Å²) in [6, 6.07) is 8.61. The van der Waals surface area contributed by atoms with Gasteiger partial charge in [0.2, 0.25) is 5.91 Å². The van der Waals surface area contributed by atoms with Crippen molar-refractivity contribution in [2.24, 2.45) is 0 Å². The van der Waals surface area contributed by atoms with Gasteiger partial charge in [-0.1, -0.05) is 24.3 Å². The molecule has 1 unspecified atom stereocenters. The van der Waals surface area contributed by atoms with Gasteiger partial charge in [0, 0.05) is 32.1 Å². The Morgan fingerprint density at radius 2 is 2.06 bits per heavy atom. The highest BCUT2D eigenvalue weighted by Crippen LogP contribution is 2.28. The van der Waals surface area contributed by atoms with Crippen LogP contribution in [0.3, 0.4) is 0 Å². The molecule has 0 radical (unpaired) electrons. The molecular formula is C14H18N2O. The number of hydrogen-bond acceptors (Lipinski definition) is 2. The lowest BCUT2D eigenvalue weighted by Crippen LogP contribution is -2.30. The molecule has 1 N–H and O–H groups in total. The predicted octanol–water partition coefficient (Wildman–Crippen LogP) is 1.84. The zero-order valence-electron chi connectivity index (χ0n) is 9.98. The summed E-state index contributed by atoms with van der Waals surface area (Å²) in [5.74, 6) is 0.303. The number of carbonyl (C=O) groups excluding carboxylic acids is 1. The largest absolute Gasteiger partial charge is 0.343 e. The van der Waals surface area contributed by atoms with Gasteiger partial charge in [-0.2, -0.15) is 0 Å². The van der Waals surface area contributed by atoms with Crippen LogP contribution in [0.5, 0.6) is 0 Å². The Morgan fingerprint density at radius 1 is 1.29 bits per heavy atom. The van der Waals surface area contributed by atoms with E-state index >= 15 is 0 Å². The van der Waals surface area contributed by atoms with Crippen LogP contribution in [0.4, 0.5) is 0 Å². The molecule has 0 bridgehead atoms. The molecule has 1 aromatic carbocycles. The average Bonchev–Trinajstić information content (AvgIpc) is 2.98. The molecule has 1 aromatic rings. The predicted molar refractivity (Wildman–Crippen MR) is 66.5 cm³/mol. The first kappa shape index (κ1) is 10.8. The molecule has 0 spiro atoms. The Labute approximate surface area is 102 Å². The molecule has 0 aromatic heterocycles. The maximum Gasteiger partial charge on any atom is 0.224 e. The van der Waals surface area contributed by atoms with Crippen LogP contribution >= 0.6 is 0 Å². The average molecular weight is 230 g/mol. The zero-order chi connectivity index (χ0) is 11.7. The lowest BCUT2D eigenvalue weighted by Gasteiger charge is -2.18. The molecule has 1 amide bonds. The van der Waals surface area contributed by atoms with Crippen molar-refractivity contribution in [3.63, 3.8) is 0 Å². The van der Waals surface area contributed by atoms with E-state index in [1.165, 1.54) is 24.0 Å². The zero-order valence-corrected chi connectivity index (χ0v) is 9.98. The molecule has 0 saturated carbocycles. The molecule has 17 heavy (non-hydrogen) atoms. The van der Waals surface area contributed by atoms with Crippen molar-refractivity contribution in [1.82, 2.24) is 10.2 Å². The second kappa shape index (κ2) is 4.49. The van der Waals surface area contributed by atoms with E-state index in [-0.39, 0.29) is 6.04 Å². The third-order valence-electron chi connectivity index (χ3n) is 3.81. The van der Waals surface area contributed by atoms with Gasteiger partial charge in [-0.15, -0.1) is 0 Å². The standard InChI is InChI=1S/C14H18N2O/c17-14(16-7-3-4-8-16)9-13-12-6-2-1-5-11(12)10-15-13/h1-2,5-6,13,15H,3-4,7-10H2. The summed E-state index contributed by atoms with van der Waals surface area (Å²) >= 11 is 0. The highest BCUT2D eigenvalue weighted by molar-refractivity contribution is 5.77. The van der Waals surface area contributed by atoms with E-state index in [0.29, 0.717) is 12.3 Å². The van der Waals surface area contributed by atoms with Gasteiger partial charge in [-0.25, -0.2) is 0 Å². The van der Waals surface area contributed by atoms with Crippen molar-refractivity contribution >= 4 is 5.91 Å². The Bertz CT molecular complexity index is 424. The minimum absolute atomic E-state index is 0.222. The summed E-state index contributed by atoms with van der Waals surface area (Å²) in [5, 5.41) is 3.43. The van der Waals surface area contributed by atoms with Crippen molar-refractivity contribution in [3.05, 3.63) is 35.4 Å². The number of likely N-dealkylation sites (tertiary alicyclic amines) is 1. The topological polar surface area (TPSA) is 32.3 Å². The second-order valence-electron chi connectivity index (χ2n) is 4.92. The number of amides is 1. The first-order chi connectivity index (χ1) is 8.34. The van der Waals surface area contributed by atoms with Gasteiger partial charge in [0.1, 0.15) is 0 Å².